The van der Waals surface area contributed by atoms with E-state index < -0.39 is 0 Å². The van der Waals surface area contributed by atoms with Gasteiger partial charge in [-0.1, -0.05) is 12.1 Å². The number of anilines is 1. The van der Waals surface area contributed by atoms with E-state index in [9.17, 15) is 4.79 Å². The molecule has 0 aliphatic carbocycles. The molecule has 1 atom stereocenters. The average Bonchev–Trinajstić information content (AvgIpc) is 2.97. The maximum atomic E-state index is 11.8. The van der Waals surface area contributed by atoms with Gasteiger partial charge in [0, 0.05) is 31.9 Å². The van der Waals surface area contributed by atoms with Crippen molar-refractivity contribution in [1.82, 2.24) is 0 Å². The van der Waals surface area contributed by atoms with Crippen LogP contribution >= 0.6 is 0 Å². The molecule has 1 amide bonds. The Labute approximate surface area is 119 Å². The normalized spacial score (nSPS) is 18.1. The van der Waals surface area contributed by atoms with Crippen molar-refractivity contribution in [3.63, 3.8) is 0 Å². The summed E-state index contributed by atoms with van der Waals surface area (Å²) in [5.74, 6) is 0.00504. The van der Waals surface area contributed by atoms with Crippen LogP contribution in [0.15, 0.2) is 24.3 Å². The lowest BCUT2D eigenvalue weighted by Gasteiger charge is -2.10. The number of benzene rings is 1. The zero-order valence-corrected chi connectivity index (χ0v) is 11.6. The molecule has 0 aromatic heterocycles. The van der Waals surface area contributed by atoms with E-state index in [2.05, 4.69) is 5.32 Å². The molecule has 5 heteroatoms. The van der Waals surface area contributed by atoms with Gasteiger partial charge in [0.25, 0.3) is 0 Å². The van der Waals surface area contributed by atoms with Crippen molar-refractivity contribution < 1.29 is 14.3 Å². The number of hydrogen-bond acceptors (Lipinski definition) is 4. The molecule has 5 nitrogen and oxygen atoms in total. The molecule has 1 unspecified atom stereocenters. The smallest absolute Gasteiger partial charge is 0.224 e. The second-order valence-electron chi connectivity index (χ2n) is 4.91. The van der Waals surface area contributed by atoms with Crippen LogP contribution in [0.2, 0.25) is 0 Å². The zero-order valence-electron chi connectivity index (χ0n) is 11.6. The maximum absolute atomic E-state index is 11.8. The molecule has 1 saturated heterocycles. The minimum atomic E-state index is 0.00504. The second-order valence-corrected chi connectivity index (χ2v) is 4.91. The van der Waals surface area contributed by atoms with Gasteiger partial charge in [0.1, 0.15) is 0 Å². The van der Waals surface area contributed by atoms with Crippen LogP contribution in [-0.2, 0) is 20.8 Å². The molecule has 0 bridgehead atoms. The third kappa shape index (κ3) is 4.92. The van der Waals surface area contributed by atoms with Crippen molar-refractivity contribution >= 4 is 11.6 Å². The zero-order chi connectivity index (χ0) is 14.2. The summed E-state index contributed by atoms with van der Waals surface area (Å²) >= 11 is 0. The Hall–Kier alpha value is -1.43. The van der Waals surface area contributed by atoms with Crippen molar-refractivity contribution in [3.05, 3.63) is 29.8 Å². The topological polar surface area (TPSA) is 73.6 Å². The molecule has 1 aromatic rings. The molecule has 1 heterocycles. The molecule has 1 fully saturated rings. The van der Waals surface area contributed by atoms with Crippen LogP contribution in [-0.4, -0.2) is 31.8 Å². The van der Waals surface area contributed by atoms with Crippen LogP contribution in [0, 0.1) is 0 Å². The minimum Gasteiger partial charge on any atom is -0.379 e. The molecule has 0 spiro atoms. The molecule has 2 rings (SSSR count). The lowest BCUT2D eigenvalue weighted by atomic mass is 10.2. The molecular weight excluding hydrogens is 256 g/mol. The van der Waals surface area contributed by atoms with Gasteiger partial charge in [-0.3, -0.25) is 4.79 Å². The number of amides is 1. The summed E-state index contributed by atoms with van der Waals surface area (Å²) in [5.41, 5.74) is 7.37. The predicted octanol–water partition coefficient (Wildman–Crippen LogP) is 1.67. The number of rotatable bonds is 7. The molecule has 3 N–H and O–H groups in total. The predicted molar refractivity (Wildman–Crippen MR) is 77.4 cm³/mol. The number of nitrogens with one attached hydrogen (secondary N) is 1. The fourth-order valence-electron chi connectivity index (χ4n) is 2.13. The van der Waals surface area contributed by atoms with Crippen LogP contribution in [0.5, 0.6) is 0 Å². The van der Waals surface area contributed by atoms with Crippen molar-refractivity contribution in [2.45, 2.75) is 31.9 Å². The van der Waals surface area contributed by atoms with Crippen LogP contribution in [0.25, 0.3) is 0 Å². The standard InChI is InChI=1S/C15H22N2O3/c16-10-12-3-1-4-13(9-12)17-15(18)5-2-7-20-14-6-8-19-11-14/h1,3-4,9,14H,2,5-8,10-11,16H2,(H,17,18). The van der Waals surface area contributed by atoms with E-state index in [1.54, 1.807) is 0 Å². The van der Waals surface area contributed by atoms with Gasteiger partial charge in [0.2, 0.25) is 5.91 Å². The fraction of sp³-hybridized carbons (Fsp3) is 0.533. The average molecular weight is 278 g/mol. The summed E-state index contributed by atoms with van der Waals surface area (Å²) in [7, 11) is 0. The van der Waals surface area contributed by atoms with E-state index >= 15 is 0 Å². The first kappa shape index (κ1) is 15.0. The van der Waals surface area contributed by atoms with E-state index in [1.165, 1.54) is 0 Å². The summed E-state index contributed by atoms with van der Waals surface area (Å²) in [4.78, 5) is 11.8. The Morgan fingerprint density at radius 3 is 3.15 bits per heavy atom. The highest BCUT2D eigenvalue weighted by molar-refractivity contribution is 5.90. The van der Waals surface area contributed by atoms with Crippen LogP contribution in [0.3, 0.4) is 0 Å². The molecule has 1 aromatic carbocycles. The molecule has 20 heavy (non-hydrogen) atoms. The van der Waals surface area contributed by atoms with Crippen molar-refractivity contribution in [2.24, 2.45) is 5.73 Å². The third-order valence-electron chi connectivity index (χ3n) is 3.24. The van der Waals surface area contributed by atoms with Gasteiger partial charge in [-0.2, -0.15) is 0 Å². The van der Waals surface area contributed by atoms with Gasteiger partial charge < -0.3 is 20.5 Å². The number of hydrogen-bond donors (Lipinski definition) is 2. The van der Waals surface area contributed by atoms with E-state index in [1.807, 2.05) is 24.3 Å². The highest BCUT2D eigenvalue weighted by atomic mass is 16.5. The second kappa shape index (κ2) is 7.99. The van der Waals surface area contributed by atoms with Gasteiger partial charge in [0.05, 0.1) is 12.7 Å². The SMILES string of the molecule is NCc1cccc(NC(=O)CCCOC2CCOC2)c1. The number of ether oxygens (including phenoxy) is 2. The van der Waals surface area contributed by atoms with E-state index in [-0.39, 0.29) is 12.0 Å². The minimum absolute atomic E-state index is 0.00504. The lowest BCUT2D eigenvalue weighted by Crippen LogP contribution is -2.16. The van der Waals surface area contributed by atoms with Crippen molar-refractivity contribution in [2.75, 3.05) is 25.1 Å². The molecule has 0 saturated carbocycles. The number of carbonyl (C=O) groups excluding carboxylic acids is 1. The molecule has 1 aliphatic rings. The summed E-state index contributed by atoms with van der Waals surface area (Å²) < 4.78 is 10.8. The monoisotopic (exact) mass is 278 g/mol. The lowest BCUT2D eigenvalue weighted by molar-refractivity contribution is -0.116. The number of nitrogens with two attached hydrogens (primary N) is 1. The largest absolute Gasteiger partial charge is 0.379 e. The van der Waals surface area contributed by atoms with Gasteiger partial charge in [0.15, 0.2) is 0 Å². The van der Waals surface area contributed by atoms with E-state index in [0.717, 1.165) is 30.7 Å². The molecule has 110 valence electrons. The summed E-state index contributed by atoms with van der Waals surface area (Å²) in [6.07, 6.45) is 2.34. The molecule has 1 aliphatic heterocycles. The Balaban J connectivity index is 1.64. The van der Waals surface area contributed by atoms with Crippen molar-refractivity contribution in [3.8, 4) is 0 Å². The van der Waals surface area contributed by atoms with Gasteiger partial charge in [-0.05, 0) is 30.5 Å². The number of carbonyl (C=O) groups is 1. The highest BCUT2D eigenvalue weighted by Gasteiger charge is 2.15. The summed E-state index contributed by atoms with van der Waals surface area (Å²) in [6, 6.07) is 7.59. The van der Waals surface area contributed by atoms with Crippen LogP contribution in [0.4, 0.5) is 5.69 Å². The van der Waals surface area contributed by atoms with E-state index in [4.69, 9.17) is 15.2 Å². The maximum Gasteiger partial charge on any atom is 0.224 e. The first-order valence-electron chi connectivity index (χ1n) is 7.06. The van der Waals surface area contributed by atoms with Crippen molar-refractivity contribution in [1.29, 1.82) is 0 Å². The van der Waals surface area contributed by atoms with Gasteiger partial charge in [-0.15, -0.1) is 0 Å². The van der Waals surface area contributed by atoms with E-state index in [0.29, 0.717) is 26.2 Å². The van der Waals surface area contributed by atoms with Gasteiger partial charge >= 0.3 is 0 Å². The summed E-state index contributed by atoms with van der Waals surface area (Å²) in [5, 5.41) is 2.87. The van der Waals surface area contributed by atoms with Crippen LogP contribution < -0.4 is 11.1 Å². The Morgan fingerprint density at radius 1 is 1.50 bits per heavy atom. The first-order chi connectivity index (χ1) is 9.78. The quantitative estimate of drug-likeness (QED) is 0.744. The Morgan fingerprint density at radius 2 is 2.40 bits per heavy atom. The van der Waals surface area contributed by atoms with Crippen LogP contribution in [0.1, 0.15) is 24.8 Å². The Kier molecular flexibility index (Phi) is 5.98. The van der Waals surface area contributed by atoms with Gasteiger partial charge in [-0.25, -0.2) is 0 Å². The molecular formula is C15H22N2O3. The fourth-order valence-corrected chi connectivity index (χ4v) is 2.13. The third-order valence-corrected chi connectivity index (χ3v) is 3.24. The first-order valence-corrected chi connectivity index (χ1v) is 7.06. The highest BCUT2D eigenvalue weighted by Crippen LogP contribution is 2.11. The summed E-state index contributed by atoms with van der Waals surface area (Å²) in [6.45, 7) is 2.53. The Bertz CT molecular complexity index is 431. The molecule has 0 radical (unpaired) electrons.